The fourth-order valence-electron chi connectivity index (χ4n) is 2.45. The maximum absolute atomic E-state index is 11.6. The number of esters is 1. The zero-order valence-corrected chi connectivity index (χ0v) is 14.8. The quantitative estimate of drug-likeness (QED) is 0.257. The molecule has 0 aliphatic heterocycles. The largest absolute Gasteiger partial charge is 0.490 e. The van der Waals surface area contributed by atoms with Crippen LogP contribution in [0.1, 0.15) is 78.1 Å². The molecule has 3 nitrogen and oxygen atoms in total. The van der Waals surface area contributed by atoms with Crippen molar-refractivity contribution in [1.29, 1.82) is 0 Å². The number of carbonyl (C=O) groups is 1. The summed E-state index contributed by atoms with van der Waals surface area (Å²) in [5.74, 6) is 1.00. The van der Waals surface area contributed by atoms with Crippen LogP contribution in [0.15, 0.2) is 24.3 Å². The molecule has 0 N–H and O–H groups in total. The molecule has 0 radical (unpaired) electrons. The summed E-state index contributed by atoms with van der Waals surface area (Å²) in [6, 6.07) is 7.41. The highest BCUT2D eigenvalue weighted by Gasteiger charge is 2.08. The molecule has 0 heterocycles. The molecule has 1 aromatic rings. The van der Waals surface area contributed by atoms with E-state index in [1.54, 1.807) is 6.07 Å². The molecule has 1 rings (SSSR count). The standard InChI is InChI=1S/C20H32O3/c1-3-5-6-7-8-9-10-13-17-22-18-15-11-12-16-19(18)23-20(21)14-4-2/h11-12,15-16H,3-10,13-14,17H2,1-2H3. The second kappa shape index (κ2) is 13.0. The van der Waals surface area contributed by atoms with E-state index in [1.165, 1.54) is 44.9 Å². The van der Waals surface area contributed by atoms with Crippen molar-refractivity contribution >= 4 is 5.97 Å². The maximum atomic E-state index is 11.6. The molecule has 1 aromatic carbocycles. The SMILES string of the molecule is CCCCCCCCCCOc1ccccc1OC(=O)CCC. The molecule has 0 aromatic heterocycles. The van der Waals surface area contributed by atoms with E-state index in [9.17, 15) is 4.79 Å². The van der Waals surface area contributed by atoms with Crippen LogP contribution in [-0.4, -0.2) is 12.6 Å². The fraction of sp³-hybridized carbons (Fsp3) is 0.650. The Labute approximate surface area is 141 Å². The lowest BCUT2D eigenvalue weighted by Crippen LogP contribution is -2.08. The number of hydrogen-bond acceptors (Lipinski definition) is 3. The van der Waals surface area contributed by atoms with Gasteiger partial charge < -0.3 is 9.47 Å². The Morgan fingerprint density at radius 3 is 2.09 bits per heavy atom. The topological polar surface area (TPSA) is 35.5 Å². The molecule has 0 fully saturated rings. The van der Waals surface area contributed by atoms with Crippen LogP contribution >= 0.6 is 0 Å². The van der Waals surface area contributed by atoms with Crippen LogP contribution in [-0.2, 0) is 4.79 Å². The van der Waals surface area contributed by atoms with Gasteiger partial charge in [0.15, 0.2) is 11.5 Å². The first kappa shape index (κ1) is 19.5. The van der Waals surface area contributed by atoms with Gasteiger partial charge in [0, 0.05) is 6.42 Å². The van der Waals surface area contributed by atoms with Crippen molar-refractivity contribution in [2.45, 2.75) is 78.1 Å². The highest BCUT2D eigenvalue weighted by Crippen LogP contribution is 2.27. The fourth-order valence-corrected chi connectivity index (χ4v) is 2.45. The van der Waals surface area contributed by atoms with Gasteiger partial charge in [0.05, 0.1) is 6.61 Å². The second-order valence-corrected chi connectivity index (χ2v) is 5.99. The van der Waals surface area contributed by atoms with Crippen molar-refractivity contribution < 1.29 is 14.3 Å². The smallest absolute Gasteiger partial charge is 0.311 e. The third-order valence-electron chi connectivity index (χ3n) is 3.78. The second-order valence-electron chi connectivity index (χ2n) is 5.99. The van der Waals surface area contributed by atoms with E-state index in [1.807, 2.05) is 25.1 Å². The Balaban J connectivity index is 2.20. The molecule has 0 aliphatic carbocycles. The molecule has 130 valence electrons. The van der Waals surface area contributed by atoms with Crippen LogP contribution in [0.2, 0.25) is 0 Å². The lowest BCUT2D eigenvalue weighted by molar-refractivity contribution is -0.134. The van der Waals surface area contributed by atoms with E-state index in [0.717, 1.165) is 12.8 Å². The van der Waals surface area contributed by atoms with Crippen molar-refractivity contribution in [2.75, 3.05) is 6.61 Å². The molecule has 0 saturated carbocycles. The Kier molecular flexibility index (Phi) is 11.0. The minimum atomic E-state index is -0.198. The minimum Gasteiger partial charge on any atom is -0.490 e. The van der Waals surface area contributed by atoms with Crippen molar-refractivity contribution in [3.63, 3.8) is 0 Å². The Morgan fingerprint density at radius 2 is 1.43 bits per heavy atom. The first-order valence-corrected chi connectivity index (χ1v) is 9.20. The predicted octanol–water partition coefficient (Wildman–Crippen LogP) is 5.91. The molecule has 3 heteroatoms. The van der Waals surface area contributed by atoms with Gasteiger partial charge in [-0.1, -0.05) is 70.9 Å². The van der Waals surface area contributed by atoms with Gasteiger partial charge in [0.1, 0.15) is 0 Å². The zero-order chi connectivity index (χ0) is 16.8. The lowest BCUT2D eigenvalue weighted by Gasteiger charge is -2.11. The summed E-state index contributed by atoms with van der Waals surface area (Å²) in [6.45, 7) is 4.89. The molecule has 0 atom stereocenters. The summed E-state index contributed by atoms with van der Waals surface area (Å²) in [6.07, 6.45) is 11.5. The third kappa shape index (κ3) is 9.27. The highest BCUT2D eigenvalue weighted by molar-refractivity contribution is 5.73. The van der Waals surface area contributed by atoms with Crippen LogP contribution in [0, 0.1) is 0 Å². The highest BCUT2D eigenvalue weighted by atomic mass is 16.6. The minimum absolute atomic E-state index is 0.198. The first-order chi connectivity index (χ1) is 11.3. The van der Waals surface area contributed by atoms with Crippen LogP contribution in [0.5, 0.6) is 11.5 Å². The van der Waals surface area contributed by atoms with Crippen LogP contribution < -0.4 is 9.47 Å². The van der Waals surface area contributed by atoms with E-state index in [0.29, 0.717) is 24.5 Å². The number of benzene rings is 1. The van der Waals surface area contributed by atoms with Gasteiger partial charge in [-0.15, -0.1) is 0 Å². The van der Waals surface area contributed by atoms with E-state index in [2.05, 4.69) is 6.92 Å². The summed E-state index contributed by atoms with van der Waals surface area (Å²) in [7, 11) is 0. The summed E-state index contributed by atoms with van der Waals surface area (Å²) in [5, 5.41) is 0. The number of rotatable bonds is 13. The van der Waals surface area contributed by atoms with Crippen molar-refractivity contribution in [3.05, 3.63) is 24.3 Å². The van der Waals surface area contributed by atoms with Gasteiger partial charge in [-0.05, 0) is 25.0 Å². The normalized spacial score (nSPS) is 10.5. The van der Waals surface area contributed by atoms with Gasteiger partial charge in [0.25, 0.3) is 0 Å². The molecule has 0 bridgehead atoms. The number of para-hydroxylation sites is 2. The van der Waals surface area contributed by atoms with Gasteiger partial charge >= 0.3 is 5.97 Å². The number of ether oxygens (including phenoxy) is 2. The molecule has 0 saturated heterocycles. The lowest BCUT2D eigenvalue weighted by atomic mass is 10.1. The van der Waals surface area contributed by atoms with E-state index in [4.69, 9.17) is 9.47 Å². The van der Waals surface area contributed by atoms with E-state index < -0.39 is 0 Å². The molecule has 0 spiro atoms. The van der Waals surface area contributed by atoms with Crippen LogP contribution in [0.4, 0.5) is 0 Å². The van der Waals surface area contributed by atoms with Crippen molar-refractivity contribution in [2.24, 2.45) is 0 Å². The number of unbranched alkanes of at least 4 members (excludes halogenated alkanes) is 7. The summed E-state index contributed by atoms with van der Waals surface area (Å²) in [5.41, 5.74) is 0. The van der Waals surface area contributed by atoms with Gasteiger partial charge in [0.2, 0.25) is 0 Å². The van der Waals surface area contributed by atoms with Gasteiger partial charge in [-0.25, -0.2) is 0 Å². The van der Waals surface area contributed by atoms with E-state index >= 15 is 0 Å². The van der Waals surface area contributed by atoms with Gasteiger partial charge in [-0.3, -0.25) is 4.79 Å². The predicted molar refractivity (Wildman–Crippen MR) is 95.1 cm³/mol. The summed E-state index contributed by atoms with van der Waals surface area (Å²) < 4.78 is 11.1. The number of carbonyl (C=O) groups excluding carboxylic acids is 1. The monoisotopic (exact) mass is 320 g/mol. The Bertz CT molecular complexity index is 429. The summed E-state index contributed by atoms with van der Waals surface area (Å²) in [4.78, 5) is 11.6. The third-order valence-corrected chi connectivity index (χ3v) is 3.78. The Morgan fingerprint density at radius 1 is 0.826 bits per heavy atom. The van der Waals surface area contributed by atoms with Gasteiger partial charge in [-0.2, -0.15) is 0 Å². The zero-order valence-electron chi connectivity index (χ0n) is 14.8. The first-order valence-electron chi connectivity index (χ1n) is 9.20. The number of hydrogen-bond donors (Lipinski definition) is 0. The maximum Gasteiger partial charge on any atom is 0.311 e. The van der Waals surface area contributed by atoms with Crippen molar-refractivity contribution in [3.8, 4) is 11.5 Å². The molecule has 0 amide bonds. The Hall–Kier alpha value is -1.51. The molecule has 0 aliphatic rings. The molecule has 23 heavy (non-hydrogen) atoms. The average molecular weight is 320 g/mol. The average Bonchev–Trinajstić information content (AvgIpc) is 2.55. The molecular weight excluding hydrogens is 288 g/mol. The van der Waals surface area contributed by atoms with Crippen LogP contribution in [0.3, 0.4) is 0 Å². The molecular formula is C20H32O3. The van der Waals surface area contributed by atoms with Crippen LogP contribution in [0.25, 0.3) is 0 Å². The van der Waals surface area contributed by atoms with Crippen molar-refractivity contribution in [1.82, 2.24) is 0 Å². The summed E-state index contributed by atoms with van der Waals surface area (Å²) >= 11 is 0. The molecule has 0 unspecified atom stereocenters. The van der Waals surface area contributed by atoms with E-state index in [-0.39, 0.29) is 5.97 Å².